The number of nitrogens with zero attached hydrogens (tertiary/aromatic N) is 1. The van der Waals surface area contributed by atoms with Crippen LogP contribution in [0.5, 0.6) is 0 Å². The summed E-state index contributed by atoms with van der Waals surface area (Å²) < 4.78 is 10.6. The first-order valence-electron chi connectivity index (χ1n) is 6.80. The highest BCUT2D eigenvalue weighted by atomic mass is 16.5. The van der Waals surface area contributed by atoms with Gasteiger partial charge in [-0.1, -0.05) is 0 Å². The van der Waals surface area contributed by atoms with Crippen LogP contribution in [0.15, 0.2) is 4.99 Å². The normalized spacial score (nSPS) is 17.6. The Morgan fingerprint density at radius 3 is 2.83 bits per heavy atom. The molecule has 0 aromatic heterocycles. The van der Waals surface area contributed by atoms with Crippen LogP contribution in [0.1, 0.15) is 26.2 Å². The lowest BCUT2D eigenvalue weighted by atomic mass is 10.4. The average Bonchev–Trinajstić information content (AvgIpc) is 3.16. The maximum atomic E-state index is 5.57. The maximum absolute atomic E-state index is 5.57. The highest BCUT2D eigenvalue weighted by Gasteiger charge is 2.20. The SMILES string of the molecule is CN=C(NCCCOCC1CC1)NC(C)COC. The predicted molar refractivity (Wildman–Crippen MR) is 74.0 cm³/mol. The number of hydrogen-bond acceptors (Lipinski definition) is 3. The van der Waals surface area contributed by atoms with E-state index in [1.54, 1.807) is 14.2 Å². The number of ether oxygens (including phenoxy) is 2. The first kappa shape index (κ1) is 15.2. The molecule has 0 amide bonds. The Morgan fingerprint density at radius 2 is 2.22 bits per heavy atom. The van der Waals surface area contributed by atoms with Gasteiger partial charge in [-0.3, -0.25) is 4.99 Å². The van der Waals surface area contributed by atoms with Crippen molar-refractivity contribution in [2.24, 2.45) is 10.9 Å². The third-order valence-electron chi connectivity index (χ3n) is 2.83. The van der Waals surface area contributed by atoms with Gasteiger partial charge in [0.25, 0.3) is 0 Å². The van der Waals surface area contributed by atoms with E-state index in [0.717, 1.165) is 38.1 Å². The summed E-state index contributed by atoms with van der Waals surface area (Å²) in [6, 6.07) is 0.257. The summed E-state index contributed by atoms with van der Waals surface area (Å²) in [5.74, 6) is 1.67. The zero-order valence-electron chi connectivity index (χ0n) is 11.9. The fourth-order valence-corrected chi connectivity index (χ4v) is 1.64. The van der Waals surface area contributed by atoms with Crippen molar-refractivity contribution >= 4 is 5.96 Å². The number of methoxy groups -OCH3 is 1. The van der Waals surface area contributed by atoms with E-state index in [1.807, 2.05) is 0 Å². The molecule has 2 N–H and O–H groups in total. The predicted octanol–water partition coefficient (Wildman–Crippen LogP) is 1.00. The molecule has 1 unspecified atom stereocenters. The molecule has 1 rings (SSSR count). The standard InChI is InChI=1S/C13H27N3O2/c1-11(9-17-3)16-13(14-2)15-7-4-8-18-10-12-5-6-12/h11-12H,4-10H2,1-3H3,(H2,14,15,16). The summed E-state index contributed by atoms with van der Waals surface area (Å²) in [5.41, 5.74) is 0. The van der Waals surface area contributed by atoms with E-state index < -0.39 is 0 Å². The molecule has 1 fully saturated rings. The fourth-order valence-electron chi connectivity index (χ4n) is 1.64. The number of hydrogen-bond donors (Lipinski definition) is 2. The lowest BCUT2D eigenvalue weighted by Gasteiger charge is -2.17. The third-order valence-corrected chi connectivity index (χ3v) is 2.83. The van der Waals surface area contributed by atoms with Crippen LogP contribution in [0.2, 0.25) is 0 Å². The second-order valence-corrected chi connectivity index (χ2v) is 4.87. The third kappa shape index (κ3) is 7.50. The highest BCUT2D eigenvalue weighted by Crippen LogP contribution is 2.28. The monoisotopic (exact) mass is 257 g/mol. The minimum Gasteiger partial charge on any atom is -0.383 e. The molecule has 0 aliphatic heterocycles. The van der Waals surface area contributed by atoms with Crippen LogP contribution in [0.3, 0.4) is 0 Å². The largest absolute Gasteiger partial charge is 0.383 e. The van der Waals surface area contributed by atoms with Crippen molar-refractivity contribution in [3.8, 4) is 0 Å². The Kier molecular flexibility index (Phi) is 7.76. The molecule has 1 aliphatic rings. The summed E-state index contributed by atoms with van der Waals surface area (Å²) in [4.78, 5) is 4.16. The molecule has 0 bridgehead atoms. The Bertz CT molecular complexity index is 242. The van der Waals surface area contributed by atoms with Crippen molar-refractivity contribution in [1.82, 2.24) is 10.6 Å². The summed E-state index contributed by atoms with van der Waals surface area (Å²) in [6.07, 6.45) is 3.71. The number of nitrogens with one attached hydrogen (secondary N) is 2. The molecule has 1 saturated carbocycles. The summed E-state index contributed by atoms with van der Waals surface area (Å²) in [5, 5.41) is 6.53. The number of guanidine groups is 1. The van der Waals surface area contributed by atoms with Gasteiger partial charge in [-0.15, -0.1) is 0 Å². The van der Waals surface area contributed by atoms with Crippen molar-refractivity contribution in [1.29, 1.82) is 0 Å². The van der Waals surface area contributed by atoms with Gasteiger partial charge in [0.1, 0.15) is 0 Å². The van der Waals surface area contributed by atoms with Crippen molar-refractivity contribution in [2.75, 3.05) is 40.5 Å². The van der Waals surface area contributed by atoms with E-state index in [2.05, 4.69) is 22.5 Å². The molecule has 0 heterocycles. The fraction of sp³-hybridized carbons (Fsp3) is 0.923. The van der Waals surface area contributed by atoms with Crippen LogP contribution in [0.4, 0.5) is 0 Å². The lowest BCUT2D eigenvalue weighted by molar-refractivity contribution is 0.123. The van der Waals surface area contributed by atoms with Gasteiger partial charge < -0.3 is 20.1 Å². The topological polar surface area (TPSA) is 54.9 Å². The van der Waals surface area contributed by atoms with Crippen molar-refractivity contribution in [3.05, 3.63) is 0 Å². The molecule has 106 valence electrons. The first-order valence-corrected chi connectivity index (χ1v) is 6.80. The van der Waals surface area contributed by atoms with Gasteiger partial charge in [0, 0.05) is 40.0 Å². The zero-order chi connectivity index (χ0) is 13.2. The van der Waals surface area contributed by atoms with Crippen LogP contribution < -0.4 is 10.6 Å². The van der Waals surface area contributed by atoms with Gasteiger partial charge in [-0.25, -0.2) is 0 Å². The van der Waals surface area contributed by atoms with E-state index in [-0.39, 0.29) is 6.04 Å². The molecular formula is C13H27N3O2. The molecule has 18 heavy (non-hydrogen) atoms. The number of aliphatic imine (C=N–C) groups is 1. The second-order valence-electron chi connectivity index (χ2n) is 4.87. The van der Waals surface area contributed by atoms with Crippen LogP contribution in [0, 0.1) is 5.92 Å². The van der Waals surface area contributed by atoms with E-state index in [4.69, 9.17) is 9.47 Å². The van der Waals surface area contributed by atoms with Crippen molar-refractivity contribution < 1.29 is 9.47 Å². The number of rotatable bonds is 9. The molecule has 0 radical (unpaired) electrons. The molecule has 0 aromatic rings. The smallest absolute Gasteiger partial charge is 0.191 e. The Labute approximate surface area is 110 Å². The first-order chi connectivity index (χ1) is 8.76. The minimum atomic E-state index is 0.257. The molecule has 0 saturated heterocycles. The van der Waals surface area contributed by atoms with Crippen molar-refractivity contribution in [2.45, 2.75) is 32.2 Å². The summed E-state index contributed by atoms with van der Waals surface area (Å²) in [7, 11) is 3.48. The molecule has 0 aromatic carbocycles. The van der Waals surface area contributed by atoms with Crippen LogP contribution in [-0.4, -0.2) is 52.5 Å². The quantitative estimate of drug-likeness (QED) is 0.368. The summed E-state index contributed by atoms with van der Waals surface area (Å²) in [6.45, 7) is 5.39. The van der Waals surface area contributed by atoms with E-state index in [1.165, 1.54) is 12.8 Å². The minimum absolute atomic E-state index is 0.257. The molecular weight excluding hydrogens is 230 g/mol. The van der Waals surface area contributed by atoms with Crippen LogP contribution in [0.25, 0.3) is 0 Å². The van der Waals surface area contributed by atoms with E-state index >= 15 is 0 Å². The van der Waals surface area contributed by atoms with Crippen molar-refractivity contribution in [3.63, 3.8) is 0 Å². The van der Waals surface area contributed by atoms with Gasteiger partial charge in [-0.2, -0.15) is 0 Å². The molecule has 0 spiro atoms. The Hall–Kier alpha value is -0.810. The zero-order valence-corrected chi connectivity index (χ0v) is 11.9. The van der Waals surface area contributed by atoms with Gasteiger partial charge in [-0.05, 0) is 32.1 Å². The van der Waals surface area contributed by atoms with Crippen LogP contribution >= 0.6 is 0 Å². The highest BCUT2D eigenvalue weighted by molar-refractivity contribution is 5.79. The second kappa shape index (κ2) is 9.16. The maximum Gasteiger partial charge on any atom is 0.191 e. The molecule has 1 aliphatic carbocycles. The van der Waals surface area contributed by atoms with E-state index in [9.17, 15) is 0 Å². The Balaban J connectivity index is 1.96. The lowest BCUT2D eigenvalue weighted by Crippen LogP contribution is -2.44. The average molecular weight is 257 g/mol. The molecule has 5 nitrogen and oxygen atoms in total. The van der Waals surface area contributed by atoms with Gasteiger partial charge in [0.2, 0.25) is 0 Å². The van der Waals surface area contributed by atoms with Gasteiger partial charge in [0.15, 0.2) is 5.96 Å². The van der Waals surface area contributed by atoms with Gasteiger partial charge in [0.05, 0.1) is 6.61 Å². The molecule has 5 heteroatoms. The molecule has 1 atom stereocenters. The van der Waals surface area contributed by atoms with Gasteiger partial charge >= 0.3 is 0 Å². The summed E-state index contributed by atoms with van der Waals surface area (Å²) >= 11 is 0. The Morgan fingerprint density at radius 1 is 1.44 bits per heavy atom. The van der Waals surface area contributed by atoms with Crippen LogP contribution in [-0.2, 0) is 9.47 Å². The van der Waals surface area contributed by atoms with E-state index in [0.29, 0.717) is 6.61 Å².